The molecule has 1 aromatic carbocycles. The zero-order valence-electron chi connectivity index (χ0n) is 8.59. The van der Waals surface area contributed by atoms with Gasteiger partial charge in [-0.3, -0.25) is 4.79 Å². The van der Waals surface area contributed by atoms with Crippen molar-refractivity contribution in [1.82, 2.24) is 5.32 Å². The third-order valence-electron chi connectivity index (χ3n) is 2.56. The van der Waals surface area contributed by atoms with Crippen LogP contribution < -0.4 is 10.6 Å². The summed E-state index contributed by atoms with van der Waals surface area (Å²) in [6, 6.07) is 2.97. The van der Waals surface area contributed by atoms with Crippen molar-refractivity contribution >= 4 is 11.6 Å². The molecule has 16 heavy (non-hydrogen) atoms. The highest BCUT2D eigenvalue weighted by molar-refractivity contribution is 5.92. The van der Waals surface area contributed by atoms with Crippen molar-refractivity contribution in [1.29, 1.82) is 0 Å². The van der Waals surface area contributed by atoms with Crippen molar-refractivity contribution in [3.05, 3.63) is 29.8 Å². The van der Waals surface area contributed by atoms with E-state index in [1.807, 2.05) is 0 Å². The Labute approximate surface area is 91.8 Å². The number of carbonyl (C=O) groups excluding carboxylic acids is 1. The molecule has 0 bridgehead atoms. The monoisotopic (exact) mass is 226 g/mol. The van der Waals surface area contributed by atoms with Crippen LogP contribution >= 0.6 is 0 Å². The van der Waals surface area contributed by atoms with E-state index in [1.54, 1.807) is 0 Å². The standard InChI is InChI=1S/C11H12F2N2O/c12-8-3-9(13)5-10(4-8)15-11(16)7-1-2-14-6-7/h3-5,7,14H,1-2,6H2,(H,15,16)/t7-/m0/s1. The van der Waals surface area contributed by atoms with Gasteiger partial charge < -0.3 is 10.6 Å². The van der Waals surface area contributed by atoms with Crippen molar-refractivity contribution in [3.63, 3.8) is 0 Å². The summed E-state index contributed by atoms with van der Waals surface area (Å²) in [7, 11) is 0. The molecule has 1 heterocycles. The third-order valence-corrected chi connectivity index (χ3v) is 2.56. The second-order valence-electron chi connectivity index (χ2n) is 3.84. The van der Waals surface area contributed by atoms with Gasteiger partial charge in [0, 0.05) is 18.3 Å². The molecule has 0 radical (unpaired) electrons. The number of halogens is 2. The lowest BCUT2D eigenvalue weighted by atomic mass is 10.1. The van der Waals surface area contributed by atoms with Gasteiger partial charge in [0.25, 0.3) is 0 Å². The topological polar surface area (TPSA) is 41.1 Å². The van der Waals surface area contributed by atoms with E-state index in [2.05, 4.69) is 10.6 Å². The summed E-state index contributed by atoms with van der Waals surface area (Å²) in [6.07, 6.45) is 0.754. The molecule has 0 aromatic heterocycles. The minimum Gasteiger partial charge on any atom is -0.326 e. The maximum atomic E-state index is 12.9. The predicted octanol–water partition coefficient (Wildman–Crippen LogP) is 1.51. The van der Waals surface area contributed by atoms with Crippen LogP contribution in [0.5, 0.6) is 0 Å². The Morgan fingerprint density at radius 1 is 1.31 bits per heavy atom. The smallest absolute Gasteiger partial charge is 0.228 e. The first-order valence-electron chi connectivity index (χ1n) is 5.13. The molecule has 1 aliphatic rings. The van der Waals surface area contributed by atoms with Gasteiger partial charge in [0.1, 0.15) is 11.6 Å². The summed E-state index contributed by atoms with van der Waals surface area (Å²) < 4.78 is 25.7. The second kappa shape index (κ2) is 4.57. The normalized spacial score (nSPS) is 19.8. The van der Waals surface area contributed by atoms with E-state index in [4.69, 9.17) is 0 Å². The summed E-state index contributed by atoms with van der Waals surface area (Å²) in [4.78, 5) is 11.6. The minimum absolute atomic E-state index is 0.119. The van der Waals surface area contributed by atoms with Crippen molar-refractivity contribution in [2.75, 3.05) is 18.4 Å². The molecular formula is C11H12F2N2O. The fourth-order valence-electron chi connectivity index (χ4n) is 1.75. The van der Waals surface area contributed by atoms with Crippen LogP contribution in [0.25, 0.3) is 0 Å². The predicted molar refractivity (Wildman–Crippen MR) is 56.0 cm³/mol. The summed E-state index contributed by atoms with van der Waals surface area (Å²) in [5.74, 6) is -1.71. The molecular weight excluding hydrogens is 214 g/mol. The van der Waals surface area contributed by atoms with Crippen LogP contribution in [0.4, 0.5) is 14.5 Å². The van der Waals surface area contributed by atoms with Crippen LogP contribution in [0.1, 0.15) is 6.42 Å². The van der Waals surface area contributed by atoms with Gasteiger partial charge >= 0.3 is 0 Å². The number of rotatable bonds is 2. The summed E-state index contributed by atoms with van der Waals surface area (Å²) >= 11 is 0. The van der Waals surface area contributed by atoms with Gasteiger partial charge in [-0.25, -0.2) is 8.78 Å². The SMILES string of the molecule is O=C(Nc1cc(F)cc(F)c1)[C@H]1CCNC1. The molecule has 0 unspecified atom stereocenters. The van der Waals surface area contributed by atoms with Gasteiger partial charge in [0.05, 0.1) is 5.92 Å². The van der Waals surface area contributed by atoms with Crippen molar-refractivity contribution in [2.45, 2.75) is 6.42 Å². The average Bonchev–Trinajstić information content (AvgIpc) is 2.68. The largest absolute Gasteiger partial charge is 0.326 e. The third kappa shape index (κ3) is 2.55. The zero-order chi connectivity index (χ0) is 11.5. The van der Waals surface area contributed by atoms with Crippen LogP contribution in [0.2, 0.25) is 0 Å². The van der Waals surface area contributed by atoms with Gasteiger partial charge in [-0.1, -0.05) is 0 Å². The van der Waals surface area contributed by atoms with Gasteiger partial charge in [-0.2, -0.15) is 0 Å². The molecule has 0 saturated carbocycles. The van der Waals surface area contributed by atoms with E-state index in [-0.39, 0.29) is 17.5 Å². The highest BCUT2D eigenvalue weighted by atomic mass is 19.1. The van der Waals surface area contributed by atoms with E-state index in [1.165, 1.54) is 0 Å². The van der Waals surface area contributed by atoms with E-state index in [0.717, 1.165) is 31.2 Å². The van der Waals surface area contributed by atoms with Gasteiger partial charge in [-0.05, 0) is 25.1 Å². The molecule has 1 amide bonds. The molecule has 1 atom stereocenters. The van der Waals surface area contributed by atoms with Crippen LogP contribution in [0.15, 0.2) is 18.2 Å². The molecule has 2 rings (SSSR count). The van der Waals surface area contributed by atoms with Crippen LogP contribution in [0.3, 0.4) is 0 Å². The number of carbonyl (C=O) groups is 1. The summed E-state index contributed by atoms with van der Waals surface area (Å²) in [5, 5.41) is 5.56. The van der Waals surface area contributed by atoms with E-state index >= 15 is 0 Å². The maximum absolute atomic E-state index is 12.9. The average molecular weight is 226 g/mol. The van der Waals surface area contributed by atoms with Gasteiger partial charge in [0.2, 0.25) is 5.91 Å². The Bertz CT molecular complexity index is 383. The van der Waals surface area contributed by atoms with Crippen molar-refractivity contribution < 1.29 is 13.6 Å². The molecule has 1 aromatic rings. The number of amides is 1. The maximum Gasteiger partial charge on any atom is 0.228 e. The number of anilines is 1. The second-order valence-corrected chi connectivity index (χ2v) is 3.84. The van der Waals surface area contributed by atoms with Crippen molar-refractivity contribution in [3.8, 4) is 0 Å². The fraction of sp³-hybridized carbons (Fsp3) is 0.364. The summed E-state index contributed by atoms with van der Waals surface area (Å²) in [6.45, 7) is 1.42. The van der Waals surface area contributed by atoms with Crippen LogP contribution in [-0.4, -0.2) is 19.0 Å². The van der Waals surface area contributed by atoms with Crippen LogP contribution in [-0.2, 0) is 4.79 Å². The van der Waals surface area contributed by atoms with E-state index in [0.29, 0.717) is 6.54 Å². The first-order chi connectivity index (χ1) is 7.65. The first-order valence-corrected chi connectivity index (χ1v) is 5.13. The minimum atomic E-state index is -0.695. The molecule has 1 fully saturated rings. The first kappa shape index (κ1) is 11.0. The molecule has 1 saturated heterocycles. The molecule has 1 aliphatic heterocycles. The number of benzene rings is 1. The Kier molecular flexibility index (Phi) is 3.14. The Morgan fingerprint density at radius 2 is 2.00 bits per heavy atom. The van der Waals surface area contributed by atoms with Gasteiger partial charge in [0.15, 0.2) is 0 Å². The molecule has 0 aliphatic carbocycles. The number of hydrogen-bond donors (Lipinski definition) is 2. The molecule has 0 spiro atoms. The number of hydrogen-bond acceptors (Lipinski definition) is 2. The van der Waals surface area contributed by atoms with E-state index in [9.17, 15) is 13.6 Å². The quantitative estimate of drug-likeness (QED) is 0.802. The van der Waals surface area contributed by atoms with Crippen LogP contribution in [0, 0.1) is 17.6 Å². The molecule has 3 nitrogen and oxygen atoms in total. The zero-order valence-corrected chi connectivity index (χ0v) is 8.59. The van der Waals surface area contributed by atoms with Crippen molar-refractivity contribution in [2.24, 2.45) is 5.92 Å². The Morgan fingerprint density at radius 3 is 2.56 bits per heavy atom. The summed E-state index contributed by atoms with van der Waals surface area (Å²) in [5.41, 5.74) is 0.161. The number of nitrogens with one attached hydrogen (secondary N) is 2. The lowest BCUT2D eigenvalue weighted by molar-refractivity contribution is -0.119. The van der Waals surface area contributed by atoms with E-state index < -0.39 is 11.6 Å². The lowest BCUT2D eigenvalue weighted by Gasteiger charge is -2.09. The van der Waals surface area contributed by atoms with Gasteiger partial charge in [-0.15, -0.1) is 0 Å². The Hall–Kier alpha value is -1.49. The fourth-order valence-corrected chi connectivity index (χ4v) is 1.75. The molecule has 5 heteroatoms. The Balaban J connectivity index is 2.05. The lowest BCUT2D eigenvalue weighted by Crippen LogP contribution is -2.24. The molecule has 2 N–H and O–H groups in total. The highest BCUT2D eigenvalue weighted by Crippen LogP contribution is 2.15. The highest BCUT2D eigenvalue weighted by Gasteiger charge is 2.22. The molecule has 86 valence electrons.